The Morgan fingerprint density at radius 2 is 1.50 bits per heavy atom. The highest BCUT2D eigenvalue weighted by Crippen LogP contribution is 2.45. The van der Waals surface area contributed by atoms with Crippen LogP contribution in [0.1, 0.15) is 11.4 Å². The molecule has 0 radical (unpaired) electrons. The molecule has 0 aliphatic carbocycles. The second kappa shape index (κ2) is 9.73. The highest BCUT2D eigenvalue weighted by atomic mass is 80.0. The summed E-state index contributed by atoms with van der Waals surface area (Å²) in [6.07, 6.45) is 2.86. The summed E-state index contributed by atoms with van der Waals surface area (Å²) < 4.78 is 4.43. The zero-order valence-corrected chi connectivity index (χ0v) is 22.7. The third-order valence-electron chi connectivity index (χ3n) is 3.14. The summed E-state index contributed by atoms with van der Waals surface area (Å²) in [5.74, 6) is 1.47. The van der Waals surface area contributed by atoms with Crippen molar-refractivity contribution in [2.24, 2.45) is 0 Å². The van der Waals surface area contributed by atoms with E-state index in [-0.39, 0.29) is 2.14 Å². The molecule has 138 valence electrons. The number of hydrogen-bond acceptors (Lipinski definition) is 4. The first-order valence-corrected chi connectivity index (χ1v) is 11.7. The van der Waals surface area contributed by atoms with Crippen LogP contribution in [0.4, 0.5) is 0 Å². The maximum atomic E-state index is 5.35. The molecule has 0 amide bonds. The van der Waals surface area contributed by atoms with E-state index in [4.69, 9.17) is 4.74 Å². The van der Waals surface area contributed by atoms with E-state index < -0.39 is 2.14 Å². The van der Waals surface area contributed by atoms with Crippen LogP contribution in [0.5, 0.6) is 5.75 Å². The Bertz CT molecular complexity index is 865. The Morgan fingerprint density at radius 1 is 0.846 bits per heavy atom. The minimum absolute atomic E-state index is 0.387. The van der Waals surface area contributed by atoms with E-state index in [9.17, 15) is 0 Å². The van der Waals surface area contributed by atoms with Gasteiger partial charge in [-0.15, -0.1) is 0 Å². The van der Waals surface area contributed by atoms with Gasteiger partial charge >= 0.3 is 0 Å². The van der Waals surface area contributed by atoms with Crippen molar-refractivity contribution in [3.63, 3.8) is 0 Å². The van der Waals surface area contributed by atoms with Crippen LogP contribution in [0.25, 0.3) is 10.8 Å². The van der Waals surface area contributed by atoms with Crippen molar-refractivity contribution in [1.82, 2.24) is 15.0 Å². The molecule has 0 spiro atoms. The molecule has 0 atom stereocenters. The first-order chi connectivity index (χ1) is 12.1. The van der Waals surface area contributed by atoms with Crippen molar-refractivity contribution in [3.8, 4) is 5.75 Å². The second-order valence-electron chi connectivity index (χ2n) is 4.85. The van der Waals surface area contributed by atoms with Crippen molar-refractivity contribution in [3.05, 3.63) is 60.4 Å². The van der Waals surface area contributed by atoms with Gasteiger partial charge in [-0.3, -0.25) is 0 Å². The molecular weight excluding hydrogens is 730 g/mol. The summed E-state index contributed by atoms with van der Waals surface area (Å²) in [4.78, 5) is 11.4. The Hall–Kier alpha value is 0.390. The molecular formula is C16H11Br6N3O. The first kappa shape index (κ1) is 22.7. The zero-order valence-electron chi connectivity index (χ0n) is 13.1. The summed E-state index contributed by atoms with van der Waals surface area (Å²) in [6.45, 7) is 0. The number of fused-ring (bicyclic) bond motifs is 1. The van der Waals surface area contributed by atoms with Gasteiger partial charge in [0.25, 0.3) is 0 Å². The molecule has 0 aliphatic heterocycles. The standard InChI is InChI=1S/C12H9Br3O.C4H2Br3N3/c1-16-11-4-2-3-8-5-6-9(7-10(8)11)12(13,14)15;5-4(6,7)3-9-1-8-2-10-3/h2-7H,1H3;1-2H. The summed E-state index contributed by atoms with van der Waals surface area (Å²) >= 11 is 20.3. The topological polar surface area (TPSA) is 47.9 Å². The largest absolute Gasteiger partial charge is 0.496 e. The SMILES string of the molecule is BrC(Br)(Br)c1ncncn1.COc1cccc2ccc(C(Br)(Br)Br)cc12. The fraction of sp³-hybridized carbons (Fsp3) is 0.188. The molecule has 0 saturated carbocycles. The number of hydrogen-bond donors (Lipinski definition) is 0. The Labute approximate surface area is 201 Å². The van der Waals surface area contributed by atoms with Crippen molar-refractivity contribution < 1.29 is 4.74 Å². The third kappa shape index (κ3) is 6.48. The van der Waals surface area contributed by atoms with Crippen LogP contribution in [-0.2, 0) is 4.29 Å². The number of benzene rings is 2. The normalized spacial score (nSPS) is 11.7. The first-order valence-electron chi connectivity index (χ1n) is 6.96. The number of ether oxygens (including phenoxy) is 1. The lowest BCUT2D eigenvalue weighted by Gasteiger charge is -2.14. The summed E-state index contributed by atoms with van der Waals surface area (Å²) in [6, 6.07) is 12.2. The van der Waals surface area contributed by atoms with Crippen molar-refractivity contribution >= 4 is 106 Å². The minimum Gasteiger partial charge on any atom is -0.496 e. The molecule has 0 fully saturated rings. The van der Waals surface area contributed by atoms with Gasteiger partial charge in [-0.05, 0) is 23.1 Å². The van der Waals surface area contributed by atoms with E-state index in [1.165, 1.54) is 18.0 Å². The van der Waals surface area contributed by atoms with Gasteiger partial charge in [-0.2, -0.15) is 0 Å². The fourth-order valence-corrected chi connectivity index (χ4v) is 3.34. The molecule has 2 aromatic carbocycles. The number of alkyl halides is 6. The molecule has 10 heteroatoms. The highest BCUT2D eigenvalue weighted by molar-refractivity contribution is 9.39. The number of methoxy groups -OCH3 is 1. The number of nitrogens with zero attached hydrogens (tertiary/aromatic N) is 3. The number of rotatable bonds is 1. The van der Waals surface area contributed by atoms with E-state index in [1.807, 2.05) is 12.1 Å². The predicted molar refractivity (Wildman–Crippen MR) is 127 cm³/mol. The monoisotopic (exact) mass is 735 g/mol. The third-order valence-corrected chi connectivity index (χ3v) is 5.57. The van der Waals surface area contributed by atoms with Crippen LogP contribution in [-0.4, -0.2) is 22.1 Å². The smallest absolute Gasteiger partial charge is 0.194 e. The Kier molecular flexibility index (Phi) is 8.49. The molecule has 3 aromatic rings. The molecule has 26 heavy (non-hydrogen) atoms. The molecule has 0 bridgehead atoms. The average molecular weight is 741 g/mol. The molecule has 0 saturated heterocycles. The van der Waals surface area contributed by atoms with Crippen molar-refractivity contribution in [2.75, 3.05) is 7.11 Å². The zero-order chi connectivity index (χ0) is 19.4. The average Bonchev–Trinajstić information content (AvgIpc) is 2.60. The van der Waals surface area contributed by atoms with Gasteiger partial charge in [0.15, 0.2) is 10.1 Å². The Balaban J connectivity index is 0.000000209. The van der Waals surface area contributed by atoms with Crippen LogP contribution >= 0.6 is 95.6 Å². The van der Waals surface area contributed by atoms with Gasteiger partial charge in [0.1, 0.15) is 18.4 Å². The molecule has 0 unspecified atom stereocenters. The van der Waals surface area contributed by atoms with Crippen LogP contribution in [0.2, 0.25) is 0 Å². The molecule has 3 rings (SSSR count). The van der Waals surface area contributed by atoms with Crippen LogP contribution < -0.4 is 4.74 Å². The predicted octanol–water partition coefficient (Wildman–Crippen LogP) is 7.31. The minimum atomic E-state index is -0.532. The molecule has 0 aliphatic rings. The van der Waals surface area contributed by atoms with Gasteiger partial charge in [-0.25, -0.2) is 15.0 Å². The van der Waals surface area contributed by atoms with E-state index in [1.54, 1.807) is 7.11 Å². The van der Waals surface area contributed by atoms with Crippen LogP contribution in [0.15, 0.2) is 49.1 Å². The van der Waals surface area contributed by atoms with E-state index in [0.29, 0.717) is 5.82 Å². The van der Waals surface area contributed by atoms with E-state index in [2.05, 4.69) is 135 Å². The van der Waals surface area contributed by atoms with Gasteiger partial charge < -0.3 is 4.74 Å². The number of aromatic nitrogens is 3. The second-order valence-corrected chi connectivity index (χ2v) is 18.4. The van der Waals surface area contributed by atoms with E-state index in [0.717, 1.165) is 16.7 Å². The van der Waals surface area contributed by atoms with Crippen molar-refractivity contribution in [2.45, 2.75) is 4.29 Å². The van der Waals surface area contributed by atoms with Gasteiger partial charge in [0.05, 0.1) is 7.11 Å². The van der Waals surface area contributed by atoms with E-state index >= 15 is 0 Å². The molecule has 1 heterocycles. The highest BCUT2D eigenvalue weighted by Gasteiger charge is 2.23. The lowest BCUT2D eigenvalue weighted by molar-refractivity contribution is 0.420. The molecule has 4 nitrogen and oxygen atoms in total. The lowest BCUT2D eigenvalue weighted by Crippen LogP contribution is -2.04. The maximum Gasteiger partial charge on any atom is 0.194 e. The Morgan fingerprint density at radius 3 is 2.00 bits per heavy atom. The lowest BCUT2D eigenvalue weighted by atomic mass is 10.1. The van der Waals surface area contributed by atoms with Gasteiger partial charge in [-0.1, -0.05) is 120 Å². The maximum absolute atomic E-state index is 5.35. The molecule has 0 N–H and O–H groups in total. The van der Waals surface area contributed by atoms with Crippen LogP contribution in [0.3, 0.4) is 0 Å². The summed E-state index contributed by atoms with van der Waals surface area (Å²) in [5, 5.41) is 2.27. The fourth-order valence-electron chi connectivity index (χ4n) is 1.98. The van der Waals surface area contributed by atoms with Crippen LogP contribution in [0, 0.1) is 0 Å². The summed E-state index contributed by atoms with van der Waals surface area (Å²) in [7, 11) is 1.69. The quantitative estimate of drug-likeness (QED) is 0.246. The number of halogens is 6. The summed E-state index contributed by atoms with van der Waals surface area (Å²) in [5.41, 5.74) is 1.09. The van der Waals surface area contributed by atoms with Gasteiger partial charge in [0.2, 0.25) is 0 Å². The van der Waals surface area contributed by atoms with Crippen molar-refractivity contribution in [1.29, 1.82) is 0 Å². The van der Waals surface area contributed by atoms with Gasteiger partial charge in [0, 0.05) is 5.39 Å². The molecule has 1 aromatic heterocycles.